The van der Waals surface area contributed by atoms with E-state index in [0.717, 1.165) is 28.0 Å². The summed E-state index contributed by atoms with van der Waals surface area (Å²) in [6, 6.07) is 20.6. The molecule has 5 rings (SSSR count). The number of hydrogen-bond donors (Lipinski definition) is 1. The zero-order valence-electron chi connectivity index (χ0n) is 18.9. The van der Waals surface area contributed by atoms with Crippen molar-refractivity contribution in [1.82, 2.24) is 9.62 Å². The lowest BCUT2D eigenvalue weighted by molar-refractivity contribution is -0.121. The Morgan fingerprint density at radius 3 is 2.38 bits per heavy atom. The Morgan fingerprint density at radius 1 is 1.03 bits per heavy atom. The number of nitrogens with one attached hydrogen (secondary N) is 1. The number of fused-ring (bicyclic) bond motifs is 3. The molecule has 0 aliphatic carbocycles. The molecular weight excluding hydrogens is 452 g/mol. The Morgan fingerprint density at radius 2 is 1.71 bits per heavy atom. The molecule has 3 aromatic rings. The van der Waals surface area contributed by atoms with E-state index in [2.05, 4.69) is 5.32 Å². The molecule has 0 saturated heterocycles. The summed E-state index contributed by atoms with van der Waals surface area (Å²) in [7, 11) is -1.91. The van der Waals surface area contributed by atoms with Crippen molar-refractivity contribution in [2.75, 3.05) is 26.0 Å². The molecule has 0 atom stereocenters. The van der Waals surface area contributed by atoms with Gasteiger partial charge in [0.1, 0.15) is 17.2 Å². The van der Waals surface area contributed by atoms with E-state index in [4.69, 9.17) is 9.47 Å². The number of ether oxygens (including phenoxy) is 2. The number of amides is 1. The molecule has 1 amide bonds. The number of nitrogens with zero attached hydrogens (tertiary/aromatic N) is 1. The largest absolute Gasteiger partial charge is 0.497 e. The van der Waals surface area contributed by atoms with Crippen molar-refractivity contribution in [2.24, 2.45) is 0 Å². The maximum atomic E-state index is 13.2. The third-order valence-electron chi connectivity index (χ3n) is 6.39. The van der Waals surface area contributed by atoms with Crippen LogP contribution in [0.4, 0.5) is 0 Å². The van der Waals surface area contributed by atoms with E-state index in [1.54, 1.807) is 7.11 Å². The molecule has 0 aromatic heterocycles. The molecule has 34 heavy (non-hydrogen) atoms. The lowest BCUT2D eigenvalue weighted by Crippen LogP contribution is -2.41. The summed E-state index contributed by atoms with van der Waals surface area (Å²) in [5.41, 5.74) is 3.63. The van der Waals surface area contributed by atoms with Crippen molar-refractivity contribution in [1.29, 1.82) is 0 Å². The van der Waals surface area contributed by atoms with Gasteiger partial charge < -0.3 is 14.8 Å². The maximum Gasteiger partial charge on any atom is 0.232 e. The Balaban J connectivity index is 1.26. The SMILES string of the molecule is COc1ccc2c(c1)CCN(S(=O)(=O)CCNC(=O)C1c3ccccc3Oc3ccccc31)C2. The van der Waals surface area contributed by atoms with Gasteiger partial charge in [-0.1, -0.05) is 42.5 Å². The van der Waals surface area contributed by atoms with Gasteiger partial charge in [0.2, 0.25) is 15.9 Å². The summed E-state index contributed by atoms with van der Waals surface area (Å²) in [5.74, 6) is 1.09. The Hall–Kier alpha value is -3.36. The molecule has 0 radical (unpaired) electrons. The Kier molecular flexibility index (Phi) is 6.02. The molecule has 1 N–H and O–H groups in total. The van der Waals surface area contributed by atoms with E-state index in [9.17, 15) is 13.2 Å². The smallest absolute Gasteiger partial charge is 0.232 e. The van der Waals surface area contributed by atoms with Crippen LogP contribution < -0.4 is 14.8 Å². The highest BCUT2D eigenvalue weighted by Crippen LogP contribution is 2.43. The minimum absolute atomic E-state index is 0.0365. The van der Waals surface area contributed by atoms with Crippen molar-refractivity contribution >= 4 is 15.9 Å². The monoisotopic (exact) mass is 478 g/mol. The highest BCUT2D eigenvalue weighted by atomic mass is 32.2. The highest BCUT2D eigenvalue weighted by molar-refractivity contribution is 7.89. The molecule has 176 valence electrons. The Labute approximate surface area is 199 Å². The van der Waals surface area contributed by atoms with Crippen LogP contribution in [0.1, 0.15) is 28.2 Å². The van der Waals surface area contributed by atoms with Gasteiger partial charge >= 0.3 is 0 Å². The summed E-state index contributed by atoms with van der Waals surface area (Å²) >= 11 is 0. The first-order valence-electron chi connectivity index (χ1n) is 11.2. The second kappa shape index (κ2) is 9.12. The van der Waals surface area contributed by atoms with Crippen molar-refractivity contribution in [3.63, 3.8) is 0 Å². The first-order chi connectivity index (χ1) is 16.5. The van der Waals surface area contributed by atoms with Gasteiger partial charge in [-0.3, -0.25) is 4.79 Å². The van der Waals surface area contributed by atoms with E-state index >= 15 is 0 Å². The lowest BCUT2D eigenvalue weighted by atomic mass is 9.87. The fourth-order valence-corrected chi connectivity index (χ4v) is 5.92. The predicted octanol–water partition coefficient (Wildman–Crippen LogP) is 3.44. The summed E-state index contributed by atoms with van der Waals surface area (Å²) in [4.78, 5) is 13.2. The highest BCUT2D eigenvalue weighted by Gasteiger charge is 2.33. The third-order valence-corrected chi connectivity index (χ3v) is 8.20. The zero-order valence-corrected chi connectivity index (χ0v) is 19.7. The van der Waals surface area contributed by atoms with Gasteiger partial charge in [-0.05, 0) is 41.8 Å². The Bertz CT molecular complexity index is 1290. The molecular formula is C26H26N2O5S. The van der Waals surface area contributed by atoms with Gasteiger partial charge in [-0.25, -0.2) is 8.42 Å². The van der Waals surface area contributed by atoms with Gasteiger partial charge in [0, 0.05) is 30.8 Å². The van der Waals surface area contributed by atoms with Gasteiger partial charge in [0.25, 0.3) is 0 Å². The molecule has 0 saturated carbocycles. The van der Waals surface area contributed by atoms with Crippen LogP contribution in [0, 0.1) is 0 Å². The minimum atomic E-state index is -3.53. The van der Waals surface area contributed by atoms with Crippen LogP contribution in [-0.4, -0.2) is 44.6 Å². The first kappa shape index (κ1) is 22.4. The van der Waals surface area contributed by atoms with E-state index < -0.39 is 15.9 Å². The topological polar surface area (TPSA) is 84.9 Å². The van der Waals surface area contributed by atoms with Crippen LogP contribution >= 0.6 is 0 Å². The number of hydrogen-bond acceptors (Lipinski definition) is 5. The van der Waals surface area contributed by atoms with Crippen LogP contribution in [0.15, 0.2) is 66.7 Å². The summed E-state index contributed by atoms with van der Waals surface area (Å²) < 4.78 is 38.7. The minimum Gasteiger partial charge on any atom is -0.497 e. The second-order valence-electron chi connectivity index (χ2n) is 8.44. The van der Waals surface area contributed by atoms with E-state index in [1.165, 1.54) is 4.31 Å². The predicted molar refractivity (Wildman–Crippen MR) is 129 cm³/mol. The zero-order chi connectivity index (χ0) is 23.7. The van der Waals surface area contributed by atoms with Crippen LogP contribution in [0.5, 0.6) is 17.2 Å². The van der Waals surface area contributed by atoms with Gasteiger partial charge in [0.05, 0.1) is 18.8 Å². The quantitative estimate of drug-likeness (QED) is 0.587. The molecule has 0 unspecified atom stereocenters. The van der Waals surface area contributed by atoms with Crippen molar-refractivity contribution in [3.8, 4) is 17.2 Å². The van der Waals surface area contributed by atoms with Gasteiger partial charge in [-0.15, -0.1) is 0 Å². The molecule has 2 heterocycles. The van der Waals surface area contributed by atoms with Gasteiger partial charge in [-0.2, -0.15) is 4.31 Å². The molecule has 8 heteroatoms. The van der Waals surface area contributed by atoms with E-state index in [-0.39, 0.29) is 18.2 Å². The molecule has 2 aliphatic rings. The normalized spacial score (nSPS) is 15.4. The number of sulfonamides is 1. The molecule has 2 aliphatic heterocycles. The van der Waals surface area contributed by atoms with Crippen molar-refractivity contribution in [2.45, 2.75) is 18.9 Å². The van der Waals surface area contributed by atoms with Crippen molar-refractivity contribution < 1.29 is 22.7 Å². The van der Waals surface area contributed by atoms with Crippen LogP contribution in [-0.2, 0) is 27.8 Å². The van der Waals surface area contributed by atoms with Crippen molar-refractivity contribution in [3.05, 3.63) is 89.0 Å². The average molecular weight is 479 g/mol. The fraction of sp³-hybridized carbons (Fsp3) is 0.269. The molecule has 0 spiro atoms. The maximum absolute atomic E-state index is 13.2. The molecule has 0 bridgehead atoms. The fourth-order valence-electron chi connectivity index (χ4n) is 4.59. The van der Waals surface area contributed by atoms with E-state index in [0.29, 0.717) is 31.0 Å². The average Bonchev–Trinajstić information content (AvgIpc) is 2.86. The van der Waals surface area contributed by atoms with Crippen LogP contribution in [0.2, 0.25) is 0 Å². The molecule has 7 nitrogen and oxygen atoms in total. The van der Waals surface area contributed by atoms with Crippen LogP contribution in [0.3, 0.4) is 0 Å². The first-order valence-corrected chi connectivity index (χ1v) is 12.8. The number of rotatable bonds is 6. The standard InChI is InChI=1S/C26H26N2O5S/c1-32-20-11-10-19-17-28(14-12-18(19)16-20)34(30,31)15-13-27-26(29)25-21-6-2-4-8-23(21)33-24-9-5-3-7-22(24)25/h2-11,16,25H,12-15,17H2,1H3,(H,27,29). The molecule has 3 aromatic carbocycles. The number of benzene rings is 3. The second-order valence-corrected chi connectivity index (χ2v) is 10.5. The number of carbonyl (C=O) groups is 1. The summed E-state index contributed by atoms with van der Waals surface area (Å²) in [6.07, 6.45) is 0.633. The number of carbonyl (C=O) groups excluding carboxylic acids is 1. The molecule has 0 fully saturated rings. The summed E-state index contributed by atoms with van der Waals surface area (Å²) in [6.45, 7) is 0.780. The van der Waals surface area contributed by atoms with Crippen LogP contribution in [0.25, 0.3) is 0 Å². The third kappa shape index (κ3) is 4.26. The number of methoxy groups -OCH3 is 1. The van der Waals surface area contributed by atoms with E-state index in [1.807, 2.05) is 66.7 Å². The lowest BCUT2D eigenvalue weighted by Gasteiger charge is -2.29. The summed E-state index contributed by atoms with van der Waals surface area (Å²) in [5, 5.41) is 2.85. The number of para-hydroxylation sites is 2. The van der Waals surface area contributed by atoms with Gasteiger partial charge in [0.15, 0.2) is 0 Å².